The Labute approximate surface area is 294 Å². The molecule has 2 aliphatic rings. The number of halogens is 1. The number of rotatable bonds is 8. The van der Waals surface area contributed by atoms with Crippen molar-refractivity contribution in [1.82, 2.24) is 29.9 Å². The standard InChI is InChI=1S/C32H32ClN7O7S2/c1-32(2,3)47-31(41)37-30-36-20(16-48-30)19-14-40(39-38-19)24-25-21(15-44-28(46-25)17-8-6-5-7-9-17)45-29(26(24)42-4)49-22-12-18(33)13-35-23(22)27-34-10-11-43-27/h5-14,16,21,24-26,28-29H,15H2,1-4H3,(H,36,37,41)/t21?,24-,25-,26?,28?,29+/m0/s1. The summed E-state index contributed by atoms with van der Waals surface area (Å²) in [6, 6.07) is 11.0. The van der Waals surface area contributed by atoms with Crippen molar-refractivity contribution in [3.63, 3.8) is 0 Å². The monoisotopic (exact) mass is 725 g/mol. The first kappa shape index (κ1) is 33.6. The van der Waals surface area contributed by atoms with Crippen molar-refractivity contribution in [2.75, 3.05) is 19.0 Å². The number of methoxy groups -OCH3 is 1. The van der Waals surface area contributed by atoms with Crippen molar-refractivity contribution >= 4 is 45.9 Å². The number of thiazole rings is 1. The van der Waals surface area contributed by atoms with Crippen LogP contribution in [0.3, 0.4) is 0 Å². The molecule has 4 aromatic heterocycles. The number of nitrogens with zero attached hydrogens (tertiary/aromatic N) is 6. The predicted molar refractivity (Wildman–Crippen MR) is 180 cm³/mol. The van der Waals surface area contributed by atoms with Gasteiger partial charge in [-0.2, -0.15) is 0 Å². The largest absolute Gasteiger partial charge is 0.444 e. The molecular formula is C32H32ClN7O7S2. The van der Waals surface area contributed by atoms with Gasteiger partial charge in [-0.05, 0) is 26.8 Å². The van der Waals surface area contributed by atoms with Crippen LogP contribution in [-0.2, 0) is 23.7 Å². The molecule has 2 saturated heterocycles. The van der Waals surface area contributed by atoms with E-state index >= 15 is 0 Å². The average molecular weight is 726 g/mol. The first-order chi connectivity index (χ1) is 23.6. The molecule has 1 aromatic carbocycles. The van der Waals surface area contributed by atoms with Gasteiger partial charge in [0.25, 0.3) is 0 Å². The molecule has 0 spiro atoms. The number of hydrogen-bond donors (Lipinski definition) is 1. The van der Waals surface area contributed by atoms with E-state index < -0.39 is 47.8 Å². The summed E-state index contributed by atoms with van der Waals surface area (Å²) in [4.78, 5) is 26.3. The van der Waals surface area contributed by atoms with Crippen molar-refractivity contribution in [1.29, 1.82) is 0 Å². The fraction of sp³-hybridized carbons (Fsp3) is 0.375. The van der Waals surface area contributed by atoms with Crippen molar-refractivity contribution in [2.24, 2.45) is 0 Å². The Kier molecular flexibility index (Phi) is 9.70. The van der Waals surface area contributed by atoms with E-state index in [2.05, 4.69) is 30.6 Å². The normalized spacial score (nSPS) is 23.9. The van der Waals surface area contributed by atoms with Crippen molar-refractivity contribution in [3.8, 4) is 23.0 Å². The topological polar surface area (TPSA) is 158 Å². The van der Waals surface area contributed by atoms with Crippen LogP contribution in [0.5, 0.6) is 0 Å². The summed E-state index contributed by atoms with van der Waals surface area (Å²) in [6.07, 6.45) is 3.48. The number of nitrogens with one attached hydrogen (secondary N) is 1. The Hall–Kier alpha value is -3.90. The third kappa shape index (κ3) is 7.50. The number of amides is 1. The van der Waals surface area contributed by atoms with Gasteiger partial charge in [-0.3, -0.25) is 5.32 Å². The van der Waals surface area contributed by atoms with Gasteiger partial charge in [-0.1, -0.05) is 58.9 Å². The van der Waals surface area contributed by atoms with Crippen LogP contribution in [0.25, 0.3) is 23.0 Å². The van der Waals surface area contributed by atoms with Crippen LogP contribution in [-0.4, -0.2) is 79.1 Å². The number of anilines is 1. The molecule has 14 nitrogen and oxygen atoms in total. The fourth-order valence-electron chi connectivity index (χ4n) is 5.51. The Morgan fingerprint density at radius 3 is 2.76 bits per heavy atom. The third-order valence-corrected chi connectivity index (χ3v) is 9.68. The molecule has 2 fully saturated rings. The molecule has 256 valence electrons. The maximum absolute atomic E-state index is 12.3. The van der Waals surface area contributed by atoms with E-state index in [1.165, 1.54) is 35.6 Å². The number of oxazole rings is 1. The lowest BCUT2D eigenvalue weighted by molar-refractivity contribution is -0.308. The van der Waals surface area contributed by atoms with Crippen LogP contribution < -0.4 is 5.32 Å². The van der Waals surface area contributed by atoms with Gasteiger partial charge in [0.2, 0.25) is 5.89 Å². The second-order valence-electron chi connectivity index (χ2n) is 12.1. The number of fused-ring (bicyclic) bond motifs is 1. The van der Waals surface area contributed by atoms with Crippen LogP contribution in [0.4, 0.5) is 9.93 Å². The highest BCUT2D eigenvalue weighted by Crippen LogP contribution is 2.46. The van der Waals surface area contributed by atoms with Crippen LogP contribution in [0.1, 0.15) is 38.7 Å². The molecule has 1 N–H and O–H groups in total. The number of pyridine rings is 1. The summed E-state index contributed by atoms with van der Waals surface area (Å²) < 4.78 is 38.3. The van der Waals surface area contributed by atoms with E-state index in [-0.39, 0.29) is 6.61 Å². The van der Waals surface area contributed by atoms with E-state index in [4.69, 9.17) is 39.7 Å². The number of benzene rings is 1. The molecule has 3 unspecified atom stereocenters. The summed E-state index contributed by atoms with van der Waals surface area (Å²) in [7, 11) is 1.61. The molecule has 49 heavy (non-hydrogen) atoms. The third-order valence-electron chi connectivity index (χ3n) is 7.54. The second-order valence-corrected chi connectivity index (χ2v) is 14.5. The summed E-state index contributed by atoms with van der Waals surface area (Å²) in [6.45, 7) is 5.63. The molecule has 0 radical (unpaired) electrons. The molecule has 0 saturated carbocycles. The highest BCUT2D eigenvalue weighted by molar-refractivity contribution is 8.00. The molecule has 17 heteroatoms. The molecule has 5 aromatic rings. The first-order valence-electron chi connectivity index (χ1n) is 15.3. The number of ether oxygens (including phenoxy) is 5. The molecule has 6 atom stereocenters. The van der Waals surface area contributed by atoms with Gasteiger partial charge in [-0.25, -0.2) is 24.4 Å². The van der Waals surface area contributed by atoms with Crippen LogP contribution in [0, 0.1) is 0 Å². The Balaban J connectivity index is 1.20. The van der Waals surface area contributed by atoms with E-state index in [1.807, 2.05) is 30.3 Å². The SMILES string of the molecule is COC1[C@@H](Sc2cc(Cl)cnc2-c2ncco2)OC2COC(c3ccccc3)O[C@@H]2[C@@H]1n1cc(-c2csc(NC(=O)OC(C)(C)C)n2)nn1. The number of thioether (sulfide) groups is 1. The predicted octanol–water partition coefficient (Wildman–Crippen LogP) is 6.64. The number of aromatic nitrogens is 6. The van der Waals surface area contributed by atoms with Crippen LogP contribution in [0.15, 0.2) is 75.9 Å². The molecule has 0 aliphatic carbocycles. The minimum absolute atomic E-state index is 0.252. The lowest BCUT2D eigenvalue weighted by atomic mass is 9.95. The lowest BCUT2D eigenvalue weighted by Gasteiger charge is -2.48. The zero-order valence-electron chi connectivity index (χ0n) is 26.8. The Morgan fingerprint density at radius 1 is 1.16 bits per heavy atom. The van der Waals surface area contributed by atoms with E-state index in [0.717, 1.165) is 5.56 Å². The zero-order valence-corrected chi connectivity index (χ0v) is 29.1. The van der Waals surface area contributed by atoms with E-state index in [0.29, 0.717) is 38.0 Å². The maximum atomic E-state index is 12.3. The van der Waals surface area contributed by atoms with Gasteiger partial charge < -0.3 is 28.1 Å². The molecule has 2 aliphatic heterocycles. The maximum Gasteiger partial charge on any atom is 0.413 e. The average Bonchev–Trinajstić information content (AvgIpc) is 3.87. The van der Waals surface area contributed by atoms with E-state index in [1.54, 1.807) is 56.4 Å². The van der Waals surface area contributed by atoms with E-state index in [9.17, 15) is 4.79 Å². The van der Waals surface area contributed by atoms with Crippen molar-refractivity contribution < 1.29 is 32.9 Å². The highest BCUT2D eigenvalue weighted by Gasteiger charge is 2.52. The number of hydrogen-bond acceptors (Lipinski definition) is 14. The highest BCUT2D eigenvalue weighted by atomic mass is 35.5. The van der Waals surface area contributed by atoms with Gasteiger partial charge in [0.05, 0.1) is 24.0 Å². The summed E-state index contributed by atoms with van der Waals surface area (Å²) >= 11 is 9.02. The van der Waals surface area contributed by atoms with Gasteiger partial charge >= 0.3 is 6.09 Å². The van der Waals surface area contributed by atoms with Crippen molar-refractivity contribution in [3.05, 3.63) is 77.2 Å². The van der Waals surface area contributed by atoms with Gasteiger partial charge in [0, 0.05) is 29.1 Å². The summed E-state index contributed by atoms with van der Waals surface area (Å²) in [5.41, 5.74) is 1.17. The van der Waals surface area contributed by atoms with Gasteiger partial charge in [0.15, 0.2) is 11.4 Å². The Morgan fingerprint density at radius 2 is 2.00 bits per heavy atom. The fourth-order valence-corrected chi connectivity index (χ4v) is 7.72. The van der Waals surface area contributed by atoms with Gasteiger partial charge in [-0.15, -0.1) is 16.4 Å². The number of carbonyl (C=O) groups is 1. The molecule has 1 amide bonds. The first-order valence-corrected chi connectivity index (χ1v) is 17.4. The number of carbonyl (C=O) groups excluding carboxylic acids is 1. The molecule has 0 bridgehead atoms. The lowest BCUT2D eigenvalue weighted by Crippen LogP contribution is -2.59. The molecule has 6 heterocycles. The van der Waals surface area contributed by atoms with Crippen molar-refractivity contribution in [2.45, 2.75) is 67.3 Å². The van der Waals surface area contributed by atoms with Gasteiger partial charge in [0.1, 0.15) is 58.7 Å². The molecular weight excluding hydrogens is 694 g/mol. The summed E-state index contributed by atoms with van der Waals surface area (Å²) in [5.74, 6) is 0.345. The summed E-state index contributed by atoms with van der Waals surface area (Å²) in [5, 5.41) is 14.2. The second kappa shape index (κ2) is 14.1. The zero-order chi connectivity index (χ0) is 34.1. The Bertz CT molecular complexity index is 1890. The minimum atomic E-state index is -0.644. The van der Waals surface area contributed by atoms with Crippen LogP contribution in [0.2, 0.25) is 5.02 Å². The minimum Gasteiger partial charge on any atom is -0.444 e. The van der Waals surface area contributed by atoms with Crippen LogP contribution >= 0.6 is 34.7 Å². The molecule has 7 rings (SSSR count). The smallest absolute Gasteiger partial charge is 0.413 e. The quantitative estimate of drug-likeness (QED) is 0.182.